The van der Waals surface area contributed by atoms with Gasteiger partial charge in [-0.3, -0.25) is 9.59 Å². The van der Waals surface area contributed by atoms with Crippen molar-refractivity contribution in [1.82, 2.24) is 14.4 Å². The molecule has 24 heavy (non-hydrogen) atoms. The molecule has 1 saturated carbocycles. The van der Waals surface area contributed by atoms with Gasteiger partial charge in [0.25, 0.3) is 0 Å². The van der Waals surface area contributed by atoms with E-state index in [1.54, 1.807) is 11.0 Å². The molecule has 5 nitrogen and oxygen atoms in total. The van der Waals surface area contributed by atoms with Gasteiger partial charge in [-0.2, -0.15) is 0 Å². The molecule has 0 aromatic carbocycles. The number of carbonyl (C=O) groups excluding carboxylic acids is 2. The summed E-state index contributed by atoms with van der Waals surface area (Å²) < 4.78 is 2.03. The topological polar surface area (TPSA) is 45.6 Å². The van der Waals surface area contributed by atoms with Crippen LogP contribution in [0.5, 0.6) is 0 Å². The summed E-state index contributed by atoms with van der Waals surface area (Å²) in [4.78, 5) is 28.7. The van der Waals surface area contributed by atoms with Crippen LogP contribution in [-0.2, 0) is 23.2 Å². The zero-order chi connectivity index (χ0) is 17.7. The summed E-state index contributed by atoms with van der Waals surface area (Å²) in [6, 6.07) is 4.01. The Kier molecular flexibility index (Phi) is 6.23. The Hall–Kier alpha value is -2.04. The lowest BCUT2D eigenvalue weighted by molar-refractivity contribution is -0.141. The van der Waals surface area contributed by atoms with Gasteiger partial charge >= 0.3 is 0 Å². The van der Waals surface area contributed by atoms with Crippen LogP contribution in [0.4, 0.5) is 0 Å². The predicted molar refractivity (Wildman–Crippen MR) is 95.2 cm³/mol. The van der Waals surface area contributed by atoms with Crippen molar-refractivity contribution in [3.63, 3.8) is 0 Å². The fraction of sp³-hybridized carbons (Fsp3) is 0.579. The molecule has 0 atom stereocenters. The zero-order valence-corrected chi connectivity index (χ0v) is 15.1. The first-order valence-corrected chi connectivity index (χ1v) is 8.70. The maximum Gasteiger partial charge on any atom is 0.242 e. The van der Waals surface area contributed by atoms with E-state index < -0.39 is 0 Å². The zero-order valence-electron chi connectivity index (χ0n) is 15.1. The first kappa shape index (κ1) is 18.3. The highest BCUT2D eigenvalue weighted by molar-refractivity contribution is 5.87. The molecule has 1 aliphatic rings. The smallest absolute Gasteiger partial charge is 0.242 e. The summed E-state index contributed by atoms with van der Waals surface area (Å²) >= 11 is 0. The monoisotopic (exact) mass is 331 g/mol. The maximum atomic E-state index is 12.8. The largest absolute Gasteiger partial charge is 0.353 e. The summed E-state index contributed by atoms with van der Waals surface area (Å²) in [5.41, 5.74) is 1.09. The van der Waals surface area contributed by atoms with Crippen molar-refractivity contribution in [2.45, 2.75) is 33.2 Å². The number of aromatic nitrogens is 1. The third-order valence-corrected chi connectivity index (χ3v) is 4.26. The molecule has 1 aromatic rings. The summed E-state index contributed by atoms with van der Waals surface area (Å²) in [6.07, 6.45) is 5.56. The molecule has 0 N–H and O–H groups in total. The summed E-state index contributed by atoms with van der Waals surface area (Å²) in [7, 11) is 1.98. The van der Waals surface area contributed by atoms with Gasteiger partial charge in [-0.1, -0.05) is 19.9 Å². The molecule has 5 heteroatoms. The second-order valence-corrected chi connectivity index (χ2v) is 7.06. The molecular formula is C19H29N3O2. The third-order valence-electron chi connectivity index (χ3n) is 4.26. The van der Waals surface area contributed by atoms with Crippen molar-refractivity contribution in [1.29, 1.82) is 0 Å². The van der Waals surface area contributed by atoms with E-state index in [1.807, 2.05) is 34.8 Å². The Labute approximate surface area is 144 Å². The molecule has 0 spiro atoms. The van der Waals surface area contributed by atoms with Gasteiger partial charge in [0, 0.05) is 37.9 Å². The minimum Gasteiger partial charge on any atom is -0.353 e. The van der Waals surface area contributed by atoms with Gasteiger partial charge in [-0.05, 0) is 30.9 Å². The summed E-state index contributed by atoms with van der Waals surface area (Å²) in [5, 5.41) is 0. The lowest BCUT2D eigenvalue weighted by Gasteiger charge is -2.28. The highest BCUT2D eigenvalue weighted by Crippen LogP contribution is 2.31. The predicted octanol–water partition coefficient (Wildman–Crippen LogP) is 2.43. The van der Waals surface area contributed by atoms with Crippen LogP contribution < -0.4 is 0 Å². The van der Waals surface area contributed by atoms with Crippen LogP contribution >= 0.6 is 0 Å². The number of carbonyl (C=O) groups is 2. The molecule has 0 unspecified atom stereocenters. The average molecular weight is 331 g/mol. The van der Waals surface area contributed by atoms with Crippen LogP contribution in [0, 0.1) is 11.8 Å². The minimum absolute atomic E-state index is 0.000694. The Morgan fingerprint density at radius 1 is 1.38 bits per heavy atom. The molecule has 1 fully saturated rings. The van der Waals surface area contributed by atoms with Crippen LogP contribution in [0.2, 0.25) is 0 Å². The molecule has 0 saturated heterocycles. The van der Waals surface area contributed by atoms with Gasteiger partial charge in [0.15, 0.2) is 0 Å². The van der Waals surface area contributed by atoms with Crippen molar-refractivity contribution < 1.29 is 9.59 Å². The highest BCUT2D eigenvalue weighted by Gasteiger charge is 2.34. The van der Waals surface area contributed by atoms with Crippen LogP contribution in [0.15, 0.2) is 31.0 Å². The van der Waals surface area contributed by atoms with Gasteiger partial charge in [0.1, 0.15) is 6.54 Å². The number of rotatable bonds is 9. The molecule has 1 aromatic heterocycles. The summed E-state index contributed by atoms with van der Waals surface area (Å²) in [6.45, 7) is 9.73. The van der Waals surface area contributed by atoms with Crippen LogP contribution in [0.3, 0.4) is 0 Å². The van der Waals surface area contributed by atoms with E-state index in [1.165, 1.54) is 0 Å². The first-order chi connectivity index (χ1) is 11.4. The quantitative estimate of drug-likeness (QED) is 0.653. The van der Waals surface area contributed by atoms with Crippen LogP contribution in [0.25, 0.3) is 0 Å². The van der Waals surface area contributed by atoms with Gasteiger partial charge in [-0.25, -0.2) is 0 Å². The van der Waals surface area contributed by atoms with E-state index in [0.717, 1.165) is 18.5 Å². The summed E-state index contributed by atoms with van der Waals surface area (Å²) in [5.74, 6) is 0.581. The van der Waals surface area contributed by atoms with Crippen molar-refractivity contribution >= 4 is 11.8 Å². The molecule has 0 bridgehead atoms. The van der Waals surface area contributed by atoms with Crippen molar-refractivity contribution in [3.8, 4) is 0 Å². The third kappa shape index (κ3) is 4.98. The van der Waals surface area contributed by atoms with Crippen LogP contribution in [-0.4, -0.2) is 45.8 Å². The van der Waals surface area contributed by atoms with Crippen molar-refractivity contribution in [3.05, 3.63) is 36.7 Å². The van der Waals surface area contributed by atoms with E-state index in [4.69, 9.17) is 0 Å². The van der Waals surface area contributed by atoms with E-state index in [0.29, 0.717) is 25.6 Å². The first-order valence-electron chi connectivity index (χ1n) is 8.70. The molecular weight excluding hydrogens is 302 g/mol. The Morgan fingerprint density at radius 2 is 2.08 bits per heavy atom. The normalized spacial score (nSPS) is 13.8. The van der Waals surface area contributed by atoms with Crippen molar-refractivity contribution in [2.24, 2.45) is 18.9 Å². The van der Waals surface area contributed by atoms with Crippen molar-refractivity contribution in [2.75, 3.05) is 19.6 Å². The standard InChI is InChI=1S/C19H29N3O2/c1-5-10-21(19(24)16-8-9-16)14-18(23)22(12-15(2)3)13-17-7-6-11-20(17)4/h5-7,11,15-16H,1,8-10,12-14H2,2-4H3. The molecule has 0 aliphatic heterocycles. The van der Waals surface area contributed by atoms with E-state index in [-0.39, 0.29) is 24.3 Å². The fourth-order valence-corrected chi connectivity index (χ4v) is 2.79. The number of aryl methyl sites for hydroxylation is 1. The molecule has 1 aliphatic carbocycles. The molecule has 1 heterocycles. The lowest BCUT2D eigenvalue weighted by Crippen LogP contribution is -2.44. The van der Waals surface area contributed by atoms with E-state index >= 15 is 0 Å². The number of hydrogen-bond donors (Lipinski definition) is 0. The van der Waals surface area contributed by atoms with E-state index in [9.17, 15) is 9.59 Å². The molecule has 132 valence electrons. The van der Waals surface area contributed by atoms with E-state index in [2.05, 4.69) is 20.4 Å². The van der Waals surface area contributed by atoms with Gasteiger partial charge in [-0.15, -0.1) is 6.58 Å². The molecule has 2 rings (SSSR count). The number of nitrogens with zero attached hydrogens (tertiary/aromatic N) is 3. The average Bonchev–Trinajstić information content (AvgIpc) is 3.29. The minimum atomic E-state index is 0.000694. The Morgan fingerprint density at radius 3 is 2.58 bits per heavy atom. The number of hydrogen-bond acceptors (Lipinski definition) is 2. The van der Waals surface area contributed by atoms with Gasteiger partial charge < -0.3 is 14.4 Å². The van der Waals surface area contributed by atoms with Crippen LogP contribution in [0.1, 0.15) is 32.4 Å². The van der Waals surface area contributed by atoms with Gasteiger partial charge in [0.05, 0.1) is 6.54 Å². The highest BCUT2D eigenvalue weighted by atomic mass is 16.2. The Bertz CT molecular complexity index is 587. The second kappa shape index (κ2) is 8.18. The number of amides is 2. The molecule has 0 radical (unpaired) electrons. The lowest BCUT2D eigenvalue weighted by atomic mass is 10.2. The maximum absolute atomic E-state index is 12.8. The molecule has 2 amide bonds. The second-order valence-electron chi connectivity index (χ2n) is 7.06. The Balaban J connectivity index is 2.06. The van der Waals surface area contributed by atoms with Gasteiger partial charge in [0.2, 0.25) is 11.8 Å². The SMILES string of the molecule is C=CCN(CC(=O)N(Cc1cccn1C)CC(C)C)C(=O)C1CC1. The fourth-order valence-electron chi connectivity index (χ4n) is 2.79.